The first-order chi connectivity index (χ1) is 11.7. The van der Waals surface area contributed by atoms with Crippen LogP contribution in [0.25, 0.3) is 0 Å². The molecule has 0 saturated heterocycles. The molecule has 0 aliphatic rings. The first kappa shape index (κ1) is 18.8. The van der Waals surface area contributed by atoms with Gasteiger partial charge in [0.1, 0.15) is 5.41 Å². The molecule has 7 heteroatoms. The molecule has 0 spiro atoms. The lowest BCUT2D eigenvalue weighted by Crippen LogP contribution is -2.41. The Morgan fingerprint density at radius 3 is 2.12 bits per heavy atom. The Balaban J connectivity index is 2.12. The van der Waals surface area contributed by atoms with Crippen LogP contribution in [-0.4, -0.2) is 11.8 Å². The zero-order chi connectivity index (χ0) is 18.6. The fourth-order valence-corrected chi connectivity index (χ4v) is 2.22. The van der Waals surface area contributed by atoms with Crippen molar-refractivity contribution in [1.29, 1.82) is 5.26 Å². The Kier molecular flexibility index (Phi) is 5.68. The van der Waals surface area contributed by atoms with Crippen molar-refractivity contribution < 1.29 is 9.59 Å². The van der Waals surface area contributed by atoms with Gasteiger partial charge in [0.2, 0.25) is 11.8 Å². The molecule has 2 rings (SSSR count). The van der Waals surface area contributed by atoms with E-state index in [1.807, 2.05) is 6.07 Å². The molecule has 128 valence electrons. The molecule has 0 aromatic heterocycles. The standard InChI is InChI=1S/C18H15Cl2N3O2/c1-18(2,16(24)22-12-5-3-4-11(8-12)10-21)17(25)23-13-6-7-14(19)15(20)9-13/h3-9H,1-2H3,(H,22,24)(H,23,25). The van der Waals surface area contributed by atoms with Gasteiger partial charge in [-0.25, -0.2) is 0 Å². The molecular weight excluding hydrogens is 361 g/mol. The summed E-state index contributed by atoms with van der Waals surface area (Å²) in [6.45, 7) is 3.01. The van der Waals surface area contributed by atoms with E-state index in [0.29, 0.717) is 27.0 Å². The number of nitrogens with one attached hydrogen (secondary N) is 2. The lowest BCUT2D eigenvalue weighted by Gasteiger charge is -2.23. The Hall–Kier alpha value is -2.55. The average Bonchev–Trinajstić information content (AvgIpc) is 2.58. The predicted octanol–water partition coefficient (Wildman–Crippen LogP) is 4.47. The summed E-state index contributed by atoms with van der Waals surface area (Å²) in [5.74, 6) is -1.00. The molecule has 0 fully saturated rings. The van der Waals surface area contributed by atoms with E-state index < -0.39 is 17.2 Å². The fourth-order valence-electron chi connectivity index (χ4n) is 1.92. The molecule has 0 bridgehead atoms. The van der Waals surface area contributed by atoms with Gasteiger partial charge >= 0.3 is 0 Å². The molecule has 0 saturated carbocycles. The summed E-state index contributed by atoms with van der Waals surface area (Å²) >= 11 is 11.8. The quantitative estimate of drug-likeness (QED) is 0.773. The van der Waals surface area contributed by atoms with Gasteiger partial charge in [-0.3, -0.25) is 9.59 Å². The number of hydrogen-bond acceptors (Lipinski definition) is 3. The Bertz CT molecular complexity index is 873. The molecule has 2 aromatic rings. The van der Waals surface area contributed by atoms with E-state index in [9.17, 15) is 9.59 Å². The van der Waals surface area contributed by atoms with Gasteiger partial charge in [-0.15, -0.1) is 0 Å². The summed E-state index contributed by atoms with van der Waals surface area (Å²) < 4.78 is 0. The van der Waals surface area contributed by atoms with Crippen molar-refractivity contribution in [2.24, 2.45) is 5.41 Å². The van der Waals surface area contributed by atoms with Crippen LogP contribution in [0.1, 0.15) is 19.4 Å². The SMILES string of the molecule is CC(C)(C(=O)Nc1cccc(C#N)c1)C(=O)Nc1ccc(Cl)c(Cl)c1. The highest BCUT2D eigenvalue weighted by Gasteiger charge is 2.36. The Morgan fingerprint density at radius 1 is 0.960 bits per heavy atom. The third kappa shape index (κ3) is 4.50. The molecule has 0 atom stereocenters. The minimum Gasteiger partial charge on any atom is -0.325 e. The van der Waals surface area contributed by atoms with Crippen molar-refractivity contribution in [2.75, 3.05) is 10.6 Å². The van der Waals surface area contributed by atoms with E-state index >= 15 is 0 Å². The van der Waals surface area contributed by atoms with Crippen molar-refractivity contribution in [2.45, 2.75) is 13.8 Å². The molecule has 0 aliphatic heterocycles. The number of nitrogens with zero attached hydrogens (tertiary/aromatic N) is 1. The molecule has 5 nitrogen and oxygen atoms in total. The van der Waals surface area contributed by atoms with Gasteiger partial charge in [0.05, 0.1) is 21.7 Å². The summed E-state index contributed by atoms with van der Waals surface area (Å²) in [6, 6.07) is 13.1. The number of carbonyl (C=O) groups is 2. The monoisotopic (exact) mass is 375 g/mol. The van der Waals surface area contributed by atoms with Crippen molar-refractivity contribution >= 4 is 46.4 Å². The third-order valence-corrected chi connectivity index (χ3v) is 4.30. The second-order valence-corrected chi connectivity index (χ2v) is 6.67. The largest absolute Gasteiger partial charge is 0.325 e. The van der Waals surface area contributed by atoms with Crippen molar-refractivity contribution in [3.05, 3.63) is 58.1 Å². The minimum absolute atomic E-state index is 0.301. The fraction of sp³-hybridized carbons (Fsp3) is 0.167. The molecular formula is C18H15Cl2N3O2. The highest BCUT2D eigenvalue weighted by atomic mass is 35.5. The second-order valence-electron chi connectivity index (χ2n) is 5.85. The number of benzene rings is 2. The van der Waals surface area contributed by atoms with Crippen molar-refractivity contribution in [3.63, 3.8) is 0 Å². The van der Waals surface area contributed by atoms with Gasteiger partial charge in [0.25, 0.3) is 0 Å². The van der Waals surface area contributed by atoms with Gasteiger partial charge in [0.15, 0.2) is 0 Å². The molecule has 2 N–H and O–H groups in total. The van der Waals surface area contributed by atoms with E-state index in [1.54, 1.807) is 30.3 Å². The first-order valence-electron chi connectivity index (χ1n) is 7.32. The molecule has 0 unspecified atom stereocenters. The maximum atomic E-state index is 12.5. The molecule has 0 radical (unpaired) electrons. The first-order valence-corrected chi connectivity index (χ1v) is 8.08. The Labute approximate surface area is 155 Å². The van der Waals surface area contributed by atoms with E-state index in [-0.39, 0.29) is 0 Å². The van der Waals surface area contributed by atoms with Crippen LogP contribution in [0.15, 0.2) is 42.5 Å². The van der Waals surface area contributed by atoms with Crippen LogP contribution in [0.4, 0.5) is 11.4 Å². The molecule has 0 heterocycles. The maximum absolute atomic E-state index is 12.5. The number of anilines is 2. The van der Waals surface area contributed by atoms with Gasteiger partial charge in [-0.1, -0.05) is 29.3 Å². The third-order valence-electron chi connectivity index (χ3n) is 3.56. The van der Waals surface area contributed by atoms with Gasteiger partial charge in [0, 0.05) is 11.4 Å². The van der Waals surface area contributed by atoms with Crippen LogP contribution in [0.2, 0.25) is 10.0 Å². The van der Waals surface area contributed by atoms with Crippen LogP contribution >= 0.6 is 23.2 Å². The highest BCUT2D eigenvalue weighted by molar-refractivity contribution is 6.42. The van der Waals surface area contributed by atoms with Gasteiger partial charge in [-0.2, -0.15) is 5.26 Å². The highest BCUT2D eigenvalue weighted by Crippen LogP contribution is 2.27. The molecule has 0 aliphatic carbocycles. The van der Waals surface area contributed by atoms with Gasteiger partial charge < -0.3 is 10.6 Å². The number of carbonyl (C=O) groups excluding carboxylic acids is 2. The van der Waals surface area contributed by atoms with E-state index in [2.05, 4.69) is 10.6 Å². The number of hydrogen-bond donors (Lipinski definition) is 2. The number of halogens is 2. The zero-order valence-electron chi connectivity index (χ0n) is 13.6. The van der Waals surface area contributed by atoms with Crippen LogP contribution in [-0.2, 0) is 9.59 Å². The summed E-state index contributed by atoms with van der Waals surface area (Å²) in [6.07, 6.45) is 0. The van der Waals surface area contributed by atoms with Crippen LogP contribution in [0, 0.1) is 16.7 Å². The summed E-state index contributed by atoms with van der Waals surface area (Å²) in [5.41, 5.74) is -0.0588. The maximum Gasteiger partial charge on any atom is 0.239 e. The number of nitriles is 1. The van der Waals surface area contributed by atoms with E-state index in [4.69, 9.17) is 28.5 Å². The molecule has 2 aromatic carbocycles. The number of amides is 2. The minimum atomic E-state index is -1.35. The van der Waals surface area contributed by atoms with Crippen LogP contribution in [0.5, 0.6) is 0 Å². The van der Waals surface area contributed by atoms with Gasteiger partial charge in [-0.05, 0) is 50.2 Å². The van der Waals surface area contributed by atoms with Crippen LogP contribution < -0.4 is 10.6 Å². The lowest BCUT2D eigenvalue weighted by molar-refractivity contribution is -0.135. The van der Waals surface area contributed by atoms with Crippen molar-refractivity contribution in [3.8, 4) is 6.07 Å². The summed E-state index contributed by atoms with van der Waals surface area (Å²) in [4.78, 5) is 25.0. The average molecular weight is 376 g/mol. The lowest BCUT2D eigenvalue weighted by atomic mass is 9.90. The topological polar surface area (TPSA) is 82.0 Å². The molecule has 2 amide bonds. The Morgan fingerprint density at radius 2 is 1.56 bits per heavy atom. The van der Waals surface area contributed by atoms with E-state index in [1.165, 1.54) is 26.0 Å². The smallest absolute Gasteiger partial charge is 0.239 e. The number of rotatable bonds is 4. The zero-order valence-corrected chi connectivity index (χ0v) is 15.1. The van der Waals surface area contributed by atoms with E-state index in [0.717, 1.165) is 0 Å². The second kappa shape index (κ2) is 7.56. The van der Waals surface area contributed by atoms with Crippen LogP contribution in [0.3, 0.4) is 0 Å². The van der Waals surface area contributed by atoms with Crippen molar-refractivity contribution in [1.82, 2.24) is 0 Å². The predicted molar refractivity (Wildman–Crippen MR) is 98.7 cm³/mol. The normalized spacial score (nSPS) is 10.7. The summed E-state index contributed by atoms with van der Waals surface area (Å²) in [7, 11) is 0. The molecule has 25 heavy (non-hydrogen) atoms. The summed E-state index contributed by atoms with van der Waals surface area (Å²) in [5, 5.41) is 14.9.